The van der Waals surface area contributed by atoms with Gasteiger partial charge in [-0.25, -0.2) is 18.4 Å². The Morgan fingerprint density at radius 1 is 1.34 bits per heavy atom. The Hall–Kier alpha value is -3.00. The molecule has 2 N–H and O–H groups in total. The molecule has 1 saturated heterocycles. The van der Waals surface area contributed by atoms with Crippen LogP contribution in [0.15, 0.2) is 35.5 Å². The molecule has 2 heterocycles. The molecule has 1 amide bonds. The average Bonchev–Trinajstić information content (AvgIpc) is 3.16. The molecular weight excluding hydrogens is 499 g/mol. The number of benzene rings is 1. The van der Waals surface area contributed by atoms with Gasteiger partial charge in [-0.15, -0.1) is 0 Å². The second kappa shape index (κ2) is 9.57. The van der Waals surface area contributed by atoms with Crippen molar-refractivity contribution in [2.75, 3.05) is 36.7 Å². The second-order valence-corrected chi connectivity index (χ2v) is 10.0. The zero-order valence-electron chi connectivity index (χ0n) is 18.9. The molecule has 0 aliphatic carbocycles. The SMILES string of the molecule is CCOC1(C(F)(F)F)CC(C(=O)Nc2ccnc(S(C)(=N)=O)c2)N(c2ccc(F)c(F)c2OC)C1. The highest BCUT2D eigenvalue weighted by Crippen LogP contribution is 2.47. The first-order chi connectivity index (χ1) is 16.2. The van der Waals surface area contributed by atoms with Crippen LogP contribution in [0.3, 0.4) is 0 Å². The molecule has 1 aromatic carbocycles. The zero-order valence-corrected chi connectivity index (χ0v) is 19.7. The van der Waals surface area contributed by atoms with E-state index in [2.05, 4.69) is 10.3 Å². The summed E-state index contributed by atoms with van der Waals surface area (Å²) >= 11 is 0. The number of aromatic nitrogens is 1. The van der Waals surface area contributed by atoms with Crippen molar-refractivity contribution in [2.45, 2.75) is 36.2 Å². The van der Waals surface area contributed by atoms with Crippen molar-refractivity contribution < 1.29 is 40.4 Å². The van der Waals surface area contributed by atoms with E-state index in [9.17, 15) is 31.0 Å². The maximum Gasteiger partial charge on any atom is 0.419 e. The van der Waals surface area contributed by atoms with E-state index in [1.165, 1.54) is 25.3 Å². The number of hydrogen-bond donors (Lipinski definition) is 2. The van der Waals surface area contributed by atoms with Crippen LogP contribution in [0.2, 0.25) is 0 Å². The summed E-state index contributed by atoms with van der Waals surface area (Å²) in [5.41, 5.74) is -3.00. The number of anilines is 2. The molecule has 8 nitrogen and oxygen atoms in total. The standard InChI is InChI=1S/C21H23F5N4O4S/c1-4-34-20(21(24,25)26)10-15(19(31)29-12-7-8-28-16(9-12)35(3,27)32)30(11-20)14-6-5-13(22)17(23)18(14)33-2/h5-9,15,27H,4,10-11H2,1-3H3,(H,28,29,31). The van der Waals surface area contributed by atoms with E-state index in [0.29, 0.717) is 0 Å². The summed E-state index contributed by atoms with van der Waals surface area (Å²) in [5, 5.41) is 2.29. The molecule has 3 atom stereocenters. The van der Waals surface area contributed by atoms with Crippen molar-refractivity contribution >= 4 is 27.0 Å². The zero-order chi connectivity index (χ0) is 26.2. The fraction of sp³-hybridized carbons (Fsp3) is 0.429. The van der Waals surface area contributed by atoms with Gasteiger partial charge in [-0.2, -0.15) is 17.6 Å². The topological polar surface area (TPSA) is 105 Å². The van der Waals surface area contributed by atoms with Crippen LogP contribution < -0.4 is 15.0 Å². The van der Waals surface area contributed by atoms with Crippen LogP contribution in [0.4, 0.5) is 33.3 Å². The number of amides is 1. The molecule has 1 fully saturated rings. The van der Waals surface area contributed by atoms with E-state index in [0.717, 1.165) is 30.4 Å². The molecule has 0 saturated carbocycles. The number of ether oxygens (including phenoxy) is 2. The largest absolute Gasteiger partial charge is 0.491 e. The summed E-state index contributed by atoms with van der Waals surface area (Å²) in [6.07, 6.45) is -3.44. The maximum absolute atomic E-state index is 14.4. The Morgan fingerprint density at radius 2 is 2.03 bits per heavy atom. The fourth-order valence-corrected chi connectivity index (χ4v) is 4.51. The van der Waals surface area contributed by atoms with Crippen molar-refractivity contribution in [1.82, 2.24) is 4.98 Å². The van der Waals surface area contributed by atoms with Crippen LogP contribution >= 0.6 is 0 Å². The quantitative estimate of drug-likeness (QED) is 0.534. The van der Waals surface area contributed by atoms with E-state index < -0.39 is 63.8 Å². The number of nitrogens with one attached hydrogen (secondary N) is 2. The molecule has 14 heteroatoms. The summed E-state index contributed by atoms with van der Waals surface area (Å²) < 4.78 is 100. The number of methoxy groups -OCH3 is 1. The first kappa shape index (κ1) is 26.6. The summed E-state index contributed by atoms with van der Waals surface area (Å²) in [6.45, 7) is 0.157. The summed E-state index contributed by atoms with van der Waals surface area (Å²) in [4.78, 5) is 18.0. The van der Waals surface area contributed by atoms with Gasteiger partial charge >= 0.3 is 6.18 Å². The van der Waals surface area contributed by atoms with E-state index in [1.807, 2.05) is 0 Å². The van der Waals surface area contributed by atoms with Gasteiger partial charge in [-0.1, -0.05) is 0 Å². The Labute approximate surface area is 198 Å². The average molecular weight is 522 g/mol. The first-order valence-corrected chi connectivity index (χ1v) is 12.2. The third kappa shape index (κ3) is 5.17. The number of carbonyl (C=O) groups is 1. The Morgan fingerprint density at radius 3 is 2.60 bits per heavy atom. The van der Waals surface area contributed by atoms with E-state index in [1.54, 1.807) is 0 Å². The Kier molecular flexibility index (Phi) is 7.27. The van der Waals surface area contributed by atoms with E-state index in [-0.39, 0.29) is 23.0 Å². The van der Waals surface area contributed by atoms with Gasteiger partial charge in [0.05, 0.1) is 29.1 Å². The number of halogens is 5. The predicted octanol–water partition coefficient (Wildman–Crippen LogP) is 3.96. The molecule has 1 aliphatic rings. The molecule has 3 rings (SSSR count). The number of rotatable bonds is 7. The highest BCUT2D eigenvalue weighted by Gasteiger charge is 2.63. The minimum atomic E-state index is -4.90. The lowest BCUT2D eigenvalue weighted by atomic mass is 9.98. The van der Waals surface area contributed by atoms with Crippen LogP contribution in [-0.2, 0) is 19.3 Å². The summed E-state index contributed by atoms with van der Waals surface area (Å²) in [6, 6.07) is 2.68. The molecular formula is C21H23F5N4O4S. The molecule has 192 valence electrons. The number of carbonyl (C=O) groups excluding carboxylic acids is 1. The minimum Gasteiger partial charge on any atom is -0.491 e. The molecule has 35 heavy (non-hydrogen) atoms. The van der Waals surface area contributed by atoms with Gasteiger partial charge in [-0.3, -0.25) is 4.79 Å². The molecule has 1 aromatic heterocycles. The molecule has 0 radical (unpaired) electrons. The monoisotopic (exact) mass is 522 g/mol. The van der Waals surface area contributed by atoms with E-state index in [4.69, 9.17) is 14.3 Å². The van der Waals surface area contributed by atoms with Crippen molar-refractivity contribution in [3.05, 3.63) is 42.1 Å². The van der Waals surface area contributed by atoms with Crippen molar-refractivity contribution in [3.63, 3.8) is 0 Å². The maximum atomic E-state index is 14.4. The van der Waals surface area contributed by atoms with Crippen molar-refractivity contribution in [3.8, 4) is 5.75 Å². The number of nitrogens with zero attached hydrogens (tertiary/aromatic N) is 2. The minimum absolute atomic E-state index is 0.0416. The highest BCUT2D eigenvalue weighted by atomic mass is 32.2. The number of pyridine rings is 1. The fourth-order valence-electron chi connectivity index (χ4n) is 3.90. The summed E-state index contributed by atoms with van der Waals surface area (Å²) in [7, 11) is -2.21. The van der Waals surface area contributed by atoms with Gasteiger partial charge < -0.3 is 19.7 Å². The normalized spacial score (nSPS) is 22.1. The number of hydrogen-bond acceptors (Lipinski definition) is 7. The molecule has 0 spiro atoms. The smallest absolute Gasteiger partial charge is 0.419 e. The van der Waals surface area contributed by atoms with Crippen LogP contribution in [-0.4, -0.2) is 59.4 Å². The predicted molar refractivity (Wildman–Crippen MR) is 117 cm³/mol. The van der Waals surface area contributed by atoms with Crippen LogP contribution in [0.25, 0.3) is 0 Å². The first-order valence-electron chi connectivity index (χ1n) is 10.2. The Bertz CT molecular complexity index is 1220. The van der Waals surface area contributed by atoms with Gasteiger partial charge in [0, 0.05) is 31.2 Å². The Balaban J connectivity index is 2.07. The lowest BCUT2D eigenvalue weighted by Crippen LogP contribution is -2.50. The lowest BCUT2D eigenvalue weighted by Gasteiger charge is -2.32. The van der Waals surface area contributed by atoms with Crippen LogP contribution in [0.5, 0.6) is 5.75 Å². The molecule has 2 aromatic rings. The van der Waals surface area contributed by atoms with Gasteiger partial charge in [0.25, 0.3) is 0 Å². The van der Waals surface area contributed by atoms with Gasteiger partial charge in [0.1, 0.15) is 11.1 Å². The van der Waals surface area contributed by atoms with Crippen LogP contribution in [0, 0.1) is 16.4 Å². The van der Waals surface area contributed by atoms with Crippen molar-refractivity contribution in [2.24, 2.45) is 0 Å². The second-order valence-electron chi connectivity index (χ2n) is 7.90. The summed E-state index contributed by atoms with van der Waals surface area (Å²) in [5.74, 6) is -4.28. The van der Waals surface area contributed by atoms with Gasteiger partial charge in [-0.05, 0) is 31.2 Å². The highest BCUT2D eigenvalue weighted by molar-refractivity contribution is 7.91. The third-order valence-electron chi connectivity index (χ3n) is 5.51. The van der Waals surface area contributed by atoms with Crippen molar-refractivity contribution in [1.29, 1.82) is 4.78 Å². The third-order valence-corrected chi connectivity index (χ3v) is 6.53. The molecule has 1 aliphatic heterocycles. The number of alkyl halides is 3. The lowest BCUT2D eigenvalue weighted by molar-refractivity contribution is -0.268. The van der Waals surface area contributed by atoms with Gasteiger partial charge in [0.2, 0.25) is 11.7 Å². The molecule has 0 bridgehead atoms. The molecule has 3 unspecified atom stereocenters. The van der Waals surface area contributed by atoms with Gasteiger partial charge in [0.15, 0.2) is 17.2 Å². The van der Waals surface area contributed by atoms with Crippen LogP contribution in [0.1, 0.15) is 13.3 Å². The van der Waals surface area contributed by atoms with E-state index >= 15 is 0 Å².